The van der Waals surface area contributed by atoms with Crippen LogP contribution in [-0.2, 0) is 0 Å². The lowest BCUT2D eigenvalue weighted by atomic mass is 10.2. The number of pyridine rings is 1. The van der Waals surface area contributed by atoms with Gasteiger partial charge in [-0.05, 0) is 36.4 Å². The molecule has 0 bridgehead atoms. The highest BCUT2D eigenvalue weighted by Gasteiger charge is 2.25. The molecule has 0 aliphatic heterocycles. The molecule has 0 saturated heterocycles. The molecule has 120 valence electrons. The number of anilines is 2. The molecule has 1 fully saturated rings. The third-order valence-electron chi connectivity index (χ3n) is 3.54. The molecule has 2 amide bonds. The van der Waals surface area contributed by atoms with Crippen molar-refractivity contribution >= 4 is 33.8 Å². The molecule has 0 aromatic carbocycles. The number of thiophene rings is 1. The molecule has 7 heteroatoms. The molecule has 2 aromatic rings. The second-order valence-electron chi connectivity index (χ2n) is 5.66. The van der Waals surface area contributed by atoms with Crippen LogP contribution >= 0.6 is 11.3 Å². The van der Waals surface area contributed by atoms with Crippen molar-refractivity contribution in [1.29, 1.82) is 0 Å². The number of rotatable bonds is 5. The summed E-state index contributed by atoms with van der Waals surface area (Å²) in [6.45, 7) is 0. The Morgan fingerprint density at radius 1 is 1.26 bits per heavy atom. The highest BCUT2D eigenvalue weighted by atomic mass is 32.1. The van der Waals surface area contributed by atoms with Gasteiger partial charge in [0, 0.05) is 32.0 Å². The predicted octanol–water partition coefficient (Wildman–Crippen LogP) is 2.35. The largest absolute Gasteiger partial charge is 0.378 e. The van der Waals surface area contributed by atoms with Crippen LogP contribution in [0.2, 0.25) is 0 Å². The monoisotopic (exact) mass is 330 g/mol. The Kier molecular flexibility index (Phi) is 4.29. The first-order valence-electron chi connectivity index (χ1n) is 7.37. The van der Waals surface area contributed by atoms with E-state index in [1.165, 1.54) is 11.3 Å². The van der Waals surface area contributed by atoms with Crippen LogP contribution in [0, 0.1) is 0 Å². The maximum Gasteiger partial charge on any atom is 0.274 e. The molecular formula is C16H18N4O2S. The molecule has 1 aliphatic carbocycles. The first-order chi connectivity index (χ1) is 11.0. The number of hydrogen-bond donors (Lipinski definition) is 2. The van der Waals surface area contributed by atoms with E-state index in [4.69, 9.17) is 0 Å². The minimum absolute atomic E-state index is 0.140. The molecule has 6 nitrogen and oxygen atoms in total. The number of amides is 2. The Morgan fingerprint density at radius 2 is 2.04 bits per heavy atom. The van der Waals surface area contributed by atoms with Crippen molar-refractivity contribution in [2.75, 3.05) is 24.3 Å². The molecule has 2 N–H and O–H groups in total. The van der Waals surface area contributed by atoms with Crippen molar-refractivity contribution in [1.82, 2.24) is 10.3 Å². The van der Waals surface area contributed by atoms with E-state index in [-0.39, 0.29) is 17.9 Å². The third-order valence-corrected chi connectivity index (χ3v) is 4.37. The molecule has 3 rings (SSSR count). The van der Waals surface area contributed by atoms with Gasteiger partial charge < -0.3 is 15.5 Å². The van der Waals surface area contributed by atoms with Gasteiger partial charge in [0.2, 0.25) is 0 Å². The van der Waals surface area contributed by atoms with E-state index < -0.39 is 0 Å². The Balaban J connectivity index is 1.74. The summed E-state index contributed by atoms with van der Waals surface area (Å²) in [6, 6.07) is 5.55. The smallest absolute Gasteiger partial charge is 0.274 e. The number of aromatic nitrogens is 1. The summed E-state index contributed by atoms with van der Waals surface area (Å²) in [4.78, 5) is 30.5. The van der Waals surface area contributed by atoms with E-state index in [2.05, 4.69) is 15.6 Å². The van der Waals surface area contributed by atoms with Crippen LogP contribution in [-0.4, -0.2) is 36.9 Å². The Hall–Kier alpha value is -2.41. The zero-order chi connectivity index (χ0) is 16.4. The number of hydrogen-bond acceptors (Lipinski definition) is 5. The van der Waals surface area contributed by atoms with Crippen molar-refractivity contribution in [3.8, 4) is 0 Å². The van der Waals surface area contributed by atoms with Gasteiger partial charge in [0.25, 0.3) is 11.8 Å². The van der Waals surface area contributed by atoms with Crippen molar-refractivity contribution in [3.05, 3.63) is 41.0 Å². The molecular weight excluding hydrogens is 312 g/mol. The van der Waals surface area contributed by atoms with Gasteiger partial charge in [-0.15, -0.1) is 11.3 Å². The molecule has 1 aliphatic rings. The number of carbonyl (C=O) groups excluding carboxylic acids is 2. The fourth-order valence-corrected chi connectivity index (χ4v) is 2.84. The first-order valence-corrected chi connectivity index (χ1v) is 8.25. The fourth-order valence-electron chi connectivity index (χ4n) is 2.06. The van der Waals surface area contributed by atoms with E-state index >= 15 is 0 Å². The summed E-state index contributed by atoms with van der Waals surface area (Å²) in [7, 11) is 3.80. The van der Waals surface area contributed by atoms with Gasteiger partial charge in [-0.25, -0.2) is 0 Å². The molecule has 1 saturated carbocycles. The summed E-state index contributed by atoms with van der Waals surface area (Å²) < 4.78 is 0. The quantitative estimate of drug-likeness (QED) is 0.882. The SMILES string of the molecule is CN(C)c1ccnc(C(=O)Nc2sccc2C(=O)NC2CC2)c1. The van der Waals surface area contributed by atoms with Crippen LogP contribution in [0.5, 0.6) is 0 Å². The maximum atomic E-state index is 12.4. The Labute approximate surface area is 138 Å². The minimum atomic E-state index is -0.323. The van der Waals surface area contributed by atoms with Crippen LogP contribution in [0.4, 0.5) is 10.7 Å². The van der Waals surface area contributed by atoms with Crippen LogP contribution in [0.25, 0.3) is 0 Å². The summed E-state index contributed by atoms with van der Waals surface area (Å²) in [6.07, 6.45) is 3.65. The Morgan fingerprint density at radius 3 is 2.74 bits per heavy atom. The summed E-state index contributed by atoms with van der Waals surface area (Å²) >= 11 is 1.33. The standard InChI is InChI=1S/C16H18N4O2S/c1-20(2)11-5-7-17-13(9-11)15(22)19-16-12(6-8-23-16)14(21)18-10-3-4-10/h5-10H,3-4H2,1-2H3,(H,18,21)(H,19,22). The van der Waals surface area contributed by atoms with Crippen LogP contribution in [0.1, 0.15) is 33.7 Å². The molecule has 2 heterocycles. The van der Waals surface area contributed by atoms with E-state index in [9.17, 15) is 9.59 Å². The molecule has 23 heavy (non-hydrogen) atoms. The lowest BCUT2D eigenvalue weighted by Crippen LogP contribution is -2.26. The van der Waals surface area contributed by atoms with Gasteiger partial charge in [0.1, 0.15) is 10.7 Å². The zero-order valence-electron chi connectivity index (χ0n) is 13.0. The number of carbonyl (C=O) groups is 2. The number of nitrogens with zero attached hydrogens (tertiary/aromatic N) is 2. The van der Waals surface area contributed by atoms with E-state index in [0.29, 0.717) is 16.3 Å². The van der Waals surface area contributed by atoms with E-state index in [0.717, 1.165) is 18.5 Å². The fraction of sp³-hybridized carbons (Fsp3) is 0.312. The molecule has 0 radical (unpaired) electrons. The summed E-state index contributed by atoms with van der Waals surface area (Å²) in [5.41, 5.74) is 1.71. The second-order valence-corrected chi connectivity index (χ2v) is 6.58. The minimum Gasteiger partial charge on any atom is -0.378 e. The van der Waals surface area contributed by atoms with Gasteiger partial charge >= 0.3 is 0 Å². The molecule has 0 spiro atoms. The zero-order valence-corrected chi connectivity index (χ0v) is 13.8. The summed E-state index contributed by atoms with van der Waals surface area (Å²) in [5.74, 6) is -0.462. The highest BCUT2D eigenvalue weighted by Crippen LogP contribution is 2.26. The average Bonchev–Trinajstić information content (AvgIpc) is 3.22. The third kappa shape index (κ3) is 3.68. The highest BCUT2D eigenvalue weighted by molar-refractivity contribution is 7.14. The van der Waals surface area contributed by atoms with Gasteiger partial charge in [0.15, 0.2) is 0 Å². The van der Waals surface area contributed by atoms with E-state index in [1.807, 2.05) is 25.1 Å². The van der Waals surface area contributed by atoms with Crippen molar-refractivity contribution < 1.29 is 9.59 Å². The maximum absolute atomic E-state index is 12.4. The van der Waals surface area contributed by atoms with Gasteiger partial charge in [0.05, 0.1) is 5.56 Å². The molecule has 0 unspecified atom stereocenters. The average molecular weight is 330 g/mol. The number of nitrogens with one attached hydrogen (secondary N) is 2. The van der Waals surface area contributed by atoms with Gasteiger partial charge in [-0.2, -0.15) is 0 Å². The first kappa shape index (κ1) is 15.5. The lowest BCUT2D eigenvalue weighted by Gasteiger charge is -2.13. The topological polar surface area (TPSA) is 74.3 Å². The van der Waals surface area contributed by atoms with Crippen molar-refractivity contribution in [2.45, 2.75) is 18.9 Å². The second kappa shape index (κ2) is 6.37. The van der Waals surface area contributed by atoms with E-state index in [1.54, 1.807) is 23.7 Å². The van der Waals surface area contributed by atoms with Crippen LogP contribution < -0.4 is 15.5 Å². The van der Waals surface area contributed by atoms with Crippen LogP contribution in [0.3, 0.4) is 0 Å². The predicted molar refractivity (Wildman–Crippen MR) is 91.3 cm³/mol. The normalized spacial score (nSPS) is 13.5. The Bertz CT molecular complexity index is 737. The molecule has 0 atom stereocenters. The van der Waals surface area contributed by atoms with Gasteiger partial charge in [-0.3, -0.25) is 14.6 Å². The lowest BCUT2D eigenvalue weighted by molar-refractivity contribution is 0.0952. The van der Waals surface area contributed by atoms with Crippen molar-refractivity contribution in [2.24, 2.45) is 0 Å². The summed E-state index contributed by atoms with van der Waals surface area (Å²) in [5, 5.41) is 8.05. The van der Waals surface area contributed by atoms with Crippen LogP contribution in [0.15, 0.2) is 29.8 Å². The van der Waals surface area contributed by atoms with Gasteiger partial charge in [-0.1, -0.05) is 0 Å². The van der Waals surface area contributed by atoms with Crippen molar-refractivity contribution in [3.63, 3.8) is 0 Å². The molecule has 2 aromatic heterocycles.